The minimum atomic E-state index is -3.46. The van der Waals surface area contributed by atoms with E-state index in [9.17, 15) is 13.2 Å². The van der Waals surface area contributed by atoms with Crippen LogP contribution in [0.5, 0.6) is 0 Å². The lowest BCUT2D eigenvalue weighted by atomic mass is 9.93. The van der Waals surface area contributed by atoms with Crippen molar-refractivity contribution in [2.75, 3.05) is 13.3 Å². The average Bonchev–Trinajstić information content (AvgIpc) is 2.08. The molecule has 16 heavy (non-hydrogen) atoms. The molecule has 0 heterocycles. The van der Waals surface area contributed by atoms with Gasteiger partial charge in [0.2, 0.25) is 0 Å². The van der Waals surface area contributed by atoms with Crippen molar-refractivity contribution in [3.63, 3.8) is 0 Å². The van der Waals surface area contributed by atoms with Gasteiger partial charge in [-0.15, -0.1) is 0 Å². The lowest BCUT2D eigenvalue weighted by molar-refractivity contribution is 0.153. The highest BCUT2D eigenvalue weighted by Crippen LogP contribution is 2.21. The number of amides is 1. The Kier molecular flexibility index (Phi) is 4.92. The summed E-state index contributed by atoms with van der Waals surface area (Å²) in [6.45, 7) is 5.61. The second kappa shape index (κ2) is 5.29. The molecule has 0 rings (SSSR count). The monoisotopic (exact) mass is 250 g/mol. The van der Waals surface area contributed by atoms with Crippen LogP contribution in [0.1, 0.15) is 27.2 Å². The molecule has 0 fully saturated rings. The molecular formula is C9H18N2O4S. The minimum Gasteiger partial charge on any atom is -0.323 e. The molecule has 0 aromatic carbocycles. The molecule has 0 spiro atoms. The molecule has 0 aliphatic rings. The van der Waals surface area contributed by atoms with Gasteiger partial charge in [-0.2, -0.15) is 0 Å². The first-order valence-corrected chi connectivity index (χ1v) is 6.61. The van der Waals surface area contributed by atoms with Gasteiger partial charge in [-0.25, -0.2) is 13.2 Å². The summed E-state index contributed by atoms with van der Waals surface area (Å²) in [5, 5.41) is 5.40. The molecule has 0 unspecified atom stereocenters. The maximum absolute atomic E-state index is 11.4. The first-order valence-electron chi connectivity index (χ1n) is 4.72. The fourth-order valence-corrected chi connectivity index (χ4v) is 1.69. The van der Waals surface area contributed by atoms with Crippen molar-refractivity contribution < 1.29 is 18.0 Å². The van der Waals surface area contributed by atoms with Gasteiger partial charge in [-0.3, -0.25) is 4.84 Å². The second-order valence-electron chi connectivity index (χ2n) is 4.62. The highest BCUT2D eigenvalue weighted by Gasteiger charge is 2.23. The van der Waals surface area contributed by atoms with E-state index in [1.54, 1.807) is 0 Å². The van der Waals surface area contributed by atoms with Crippen molar-refractivity contribution in [1.82, 2.24) is 5.32 Å². The Morgan fingerprint density at radius 2 is 1.88 bits per heavy atom. The fraction of sp³-hybridized carbons (Fsp3) is 0.778. The molecule has 6 nitrogen and oxygen atoms in total. The lowest BCUT2D eigenvalue weighted by Crippen LogP contribution is -2.23. The van der Waals surface area contributed by atoms with E-state index in [0.717, 1.165) is 6.26 Å². The van der Waals surface area contributed by atoms with Crippen LogP contribution < -0.4 is 5.32 Å². The zero-order valence-electron chi connectivity index (χ0n) is 10.2. The lowest BCUT2D eigenvalue weighted by Gasteiger charge is -2.17. The van der Waals surface area contributed by atoms with Crippen LogP contribution in [0.3, 0.4) is 0 Å². The van der Waals surface area contributed by atoms with Crippen LogP contribution in [0, 0.1) is 5.41 Å². The third-order valence-corrected chi connectivity index (χ3v) is 2.62. The summed E-state index contributed by atoms with van der Waals surface area (Å²) in [4.78, 5) is 15.2. The summed E-state index contributed by atoms with van der Waals surface area (Å²) in [5.74, 6) is 0. The Balaban J connectivity index is 4.91. The summed E-state index contributed by atoms with van der Waals surface area (Å²) < 4.78 is 22.7. The summed E-state index contributed by atoms with van der Waals surface area (Å²) >= 11 is 0. The topological polar surface area (TPSA) is 84.8 Å². The summed E-state index contributed by atoms with van der Waals surface area (Å²) in [6.07, 6.45) is 0.447. The van der Waals surface area contributed by atoms with Gasteiger partial charge < -0.3 is 5.32 Å². The largest absolute Gasteiger partial charge is 0.433 e. The van der Waals surface area contributed by atoms with Gasteiger partial charge in [0, 0.05) is 19.7 Å². The van der Waals surface area contributed by atoms with Gasteiger partial charge in [-0.1, -0.05) is 25.9 Å². The van der Waals surface area contributed by atoms with Crippen LogP contribution in [0.2, 0.25) is 0 Å². The van der Waals surface area contributed by atoms with Gasteiger partial charge in [-0.05, 0) is 5.41 Å². The number of hydrogen-bond acceptors (Lipinski definition) is 5. The zero-order chi connectivity index (χ0) is 13.0. The predicted molar refractivity (Wildman–Crippen MR) is 61.9 cm³/mol. The molecule has 0 saturated heterocycles. The number of carbonyl (C=O) groups is 1. The van der Waals surface area contributed by atoms with Crippen LogP contribution >= 0.6 is 0 Å². The van der Waals surface area contributed by atoms with E-state index in [1.165, 1.54) is 7.05 Å². The number of nitrogens with zero attached hydrogens (tertiary/aromatic N) is 1. The molecule has 0 aliphatic heterocycles. The van der Waals surface area contributed by atoms with Crippen molar-refractivity contribution in [2.24, 2.45) is 10.6 Å². The van der Waals surface area contributed by atoms with Crippen molar-refractivity contribution in [1.29, 1.82) is 0 Å². The Labute approximate surface area is 96.0 Å². The standard InChI is InChI=1S/C9H18N2O4S/c1-9(2,3)6-7(16(5,13)14)11-15-8(12)10-4/h6H2,1-5H3,(H,10,12). The van der Waals surface area contributed by atoms with Gasteiger partial charge in [0.25, 0.3) is 0 Å². The Bertz CT molecular complexity index is 379. The van der Waals surface area contributed by atoms with Gasteiger partial charge in [0.1, 0.15) is 0 Å². The third kappa shape index (κ3) is 6.39. The highest BCUT2D eigenvalue weighted by atomic mass is 32.2. The van der Waals surface area contributed by atoms with E-state index in [0.29, 0.717) is 0 Å². The summed E-state index contributed by atoms with van der Waals surface area (Å²) in [6, 6.07) is 0. The first kappa shape index (κ1) is 14.9. The van der Waals surface area contributed by atoms with E-state index in [1.807, 2.05) is 20.8 Å². The maximum atomic E-state index is 11.4. The molecule has 0 saturated carbocycles. The molecule has 1 amide bonds. The Morgan fingerprint density at radius 3 is 2.19 bits per heavy atom. The molecule has 94 valence electrons. The van der Waals surface area contributed by atoms with Crippen LogP contribution in [-0.2, 0) is 14.7 Å². The molecule has 0 aromatic heterocycles. The normalized spacial score (nSPS) is 13.4. The van der Waals surface area contributed by atoms with Crippen LogP contribution in [0.25, 0.3) is 0 Å². The molecule has 7 heteroatoms. The molecule has 0 aromatic rings. The minimum absolute atomic E-state index is 0.136. The third-order valence-electron chi connectivity index (χ3n) is 1.54. The second-order valence-corrected chi connectivity index (χ2v) is 6.64. The number of carbonyl (C=O) groups excluding carboxylic acids is 1. The molecular weight excluding hydrogens is 232 g/mol. The Morgan fingerprint density at radius 1 is 1.38 bits per heavy atom. The van der Waals surface area contributed by atoms with Crippen molar-refractivity contribution in [3.05, 3.63) is 0 Å². The van der Waals surface area contributed by atoms with Crippen molar-refractivity contribution in [3.8, 4) is 0 Å². The Hall–Kier alpha value is -1.11. The van der Waals surface area contributed by atoms with Crippen LogP contribution in [0.15, 0.2) is 5.16 Å². The van der Waals surface area contributed by atoms with E-state index < -0.39 is 15.9 Å². The van der Waals surface area contributed by atoms with E-state index >= 15 is 0 Å². The van der Waals surface area contributed by atoms with Crippen molar-refractivity contribution in [2.45, 2.75) is 27.2 Å². The molecule has 1 N–H and O–H groups in total. The number of sulfone groups is 1. The highest BCUT2D eigenvalue weighted by molar-refractivity contribution is 8.05. The van der Waals surface area contributed by atoms with Gasteiger partial charge in [0.15, 0.2) is 14.9 Å². The molecule has 0 bridgehead atoms. The SMILES string of the molecule is CNC(=O)ON=C(CC(C)(C)C)S(C)(=O)=O. The zero-order valence-corrected chi connectivity index (χ0v) is 11.0. The average molecular weight is 250 g/mol. The van der Waals surface area contributed by atoms with Crippen molar-refractivity contribution >= 4 is 21.0 Å². The summed E-state index contributed by atoms with van der Waals surface area (Å²) in [7, 11) is -2.09. The van der Waals surface area contributed by atoms with Crippen LogP contribution in [-0.4, -0.2) is 32.9 Å². The molecule has 0 atom stereocenters. The number of oxime groups is 1. The molecule has 0 radical (unpaired) electrons. The smallest absolute Gasteiger partial charge is 0.323 e. The first-order chi connectivity index (χ1) is 7.06. The van der Waals surface area contributed by atoms with E-state index in [2.05, 4.69) is 15.3 Å². The number of hydrogen-bond donors (Lipinski definition) is 1. The molecule has 0 aliphatic carbocycles. The quantitative estimate of drug-likeness (QED) is 0.344. The van der Waals surface area contributed by atoms with Gasteiger partial charge >= 0.3 is 6.09 Å². The van der Waals surface area contributed by atoms with E-state index in [4.69, 9.17) is 0 Å². The number of nitrogens with one attached hydrogen (secondary N) is 1. The predicted octanol–water partition coefficient (Wildman–Crippen LogP) is 1.14. The summed E-state index contributed by atoms with van der Waals surface area (Å²) in [5.41, 5.74) is -0.256. The maximum Gasteiger partial charge on any atom is 0.433 e. The van der Waals surface area contributed by atoms with Gasteiger partial charge in [0.05, 0.1) is 0 Å². The van der Waals surface area contributed by atoms with E-state index in [-0.39, 0.29) is 16.9 Å². The van der Waals surface area contributed by atoms with Crippen LogP contribution in [0.4, 0.5) is 4.79 Å². The number of rotatable bonds is 2. The fourth-order valence-electron chi connectivity index (χ4n) is 0.823.